The average Bonchev–Trinajstić information content (AvgIpc) is 2.79. The zero-order valence-corrected chi connectivity index (χ0v) is 13.5. The molecular formula is C14H26O3Si. The Bertz CT molecular complexity index is 359. The zero-order chi connectivity index (χ0) is 13.8. The number of methoxy groups -OCH3 is 1. The van der Waals surface area contributed by atoms with Gasteiger partial charge in [0.15, 0.2) is 8.32 Å². The first-order valence-corrected chi connectivity index (χ1v) is 9.79. The molecule has 2 aliphatic rings. The maximum absolute atomic E-state index is 11.8. The number of hydrogen-bond acceptors (Lipinski definition) is 3. The topological polar surface area (TPSA) is 35.5 Å². The van der Waals surface area contributed by atoms with E-state index in [4.69, 9.17) is 9.16 Å². The largest absolute Gasteiger partial charge is 0.469 e. The molecule has 0 saturated heterocycles. The predicted octanol–water partition coefficient (Wildman–Crippen LogP) is 3.35. The van der Waals surface area contributed by atoms with E-state index >= 15 is 0 Å². The van der Waals surface area contributed by atoms with Crippen LogP contribution in [0.25, 0.3) is 0 Å². The van der Waals surface area contributed by atoms with Gasteiger partial charge in [0.1, 0.15) is 0 Å². The summed E-state index contributed by atoms with van der Waals surface area (Å²) in [5.74, 6) is 0.494. The molecule has 18 heavy (non-hydrogen) atoms. The van der Waals surface area contributed by atoms with Crippen LogP contribution in [0.1, 0.15) is 40.0 Å². The molecule has 0 aromatic rings. The van der Waals surface area contributed by atoms with Crippen LogP contribution in [0.4, 0.5) is 0 Å². The molecule has 0 N–H and O–H groups in total. The summed E-state index contributed by atoms with van der Waals surface area (Å²) >= 11 is 0. The molecule has 3 atom stereocenters. The molecule has 0 heterocycles. The standard InChI is InChI=1S/C14H26O3Si/c1-13(2,3)18(5,6)17-11-7-10-8-14(10,9-11)12(15)16-4/h10-11H,7-9H2,1-6H3. The van der Waals surface area contributed by atoms with E-state index in [-0.39, 0.29) is 22.5 Å². The molecule has 2 fully saturated rings. The molecule has 0 spiro atoms. The number of hydrogen-bond donors (Lipinski definition) is 0. The molecule has 104 valence electrons. The van der Waals surface area contributed by atoms with Gasteiger partial charge in [-0.15, -0.1) is 0 Å². The van der Waals surface area contributed by atoms with Crippen molar-refractivity contribution < 1.29 is 14.0 Å². The lowest BCUT2D eigenvalue weighted by Gasteiger charge is -2.39. The third-order valence-electron chi connectivity index (χ3n) is 5.23. The number of rotatable bonds is 3. The molecule has 0 aliphatic heterocycles. The van der Waals surface area contributed by atoms with Gasteiger partial charge in [-0.05, 0) is 43.3 Å². The highest BCUT2D eigenvalue weighted by Crippen LogP contribution is 2.65. The van der Waals surface area contributed by atoms with Crippen LogP contribution in [0.3, 0.4) is 0 Å². The van der Waals surface area contributed by atoms with Crippen molar-refractivity contribution in [2.45, 2.75) is 64.3 Å². The maximum atomic E-state index is 11.8. The van der Waals surface area contributed by atoms with Gasteiger partial charge in [0.25, 0.3) is 0 Å². The van der Waals surface area contributed by atoms with E-state index in [1.807, 2.05) is 0 Å². The Morgan fingerprint density at radius 3 is 2.39 bits per heavy atom. The van der Waals surface area contributed by atoms with Crippen molar-refractivity contribution in [1.82, 2.24) is 0 Å². The molecule has 2 aliphatic carbocycles. The smallest absolute Gasteiger partial charge is 0.312 e. The minimum Gasteiger partial charge on any atom is -0.469 e. The highest BCUT2D eigenvalue weighted by molar-refractivity contribution is 6.74. The van der Waals surface area contributed by atoms with Gasteiger partial charge in [-0.3, -0.25) is 4.79 Å². The Kier molecular flexibility index (Phi) is 3.18. The second-order valence-electron chi connectivity index (χ2n) is 7.49. The summed E-state index contributed by atoms with van der Waals surface area (Å²) in [7, 11) is -0.214. The molecule has 0 aromatic heterocycles. The fourth-order valence-corrected chi connectivity index (χ4v) is 4.33. The number of carbonyl (C=O) groups excluding carboxylic acids is 1. The number of ether oxygens (including phenoxy) is 1. The molecule has 3 nitrogen and oxygen atoms in total. The molecule has 2 rings (SSSR count). The van der Waals surface area contributed by atoms with Crippen LogP contribution < -0.4 is 0 Å². The van der Waals surface area contributed by atoms with Gasteiger partial charge in [-0.1, -0.05) is 20.8 Å². The van der Waals surface area contributed by atoms with Crippen molar-refractivity contribution in [3.63, 3.8) is 0 Å². The minimum absolute atomic E-state index is 0.0196. The highest BCUT2D eigenvalue weighted by atomic mass is 28.4. The number of fused-ring (bicyclic) bond motifs is 1. The Morgan fingerprint density at radius 1 is 1.28 bits per heavy atom. The van der Waals surface area contributed by atoms with Crippen LogP contribution in [0.15, 0.2) is 0 Å². The van der Waals surface area contributed by atoms with Crippen molar-refractivity contribution in [3.05, 3.63) is 0 Å². The van der Waals surface area contributed by atoms with E-state index in [0.717, 1.165) is 19.3 Å². The normalized spacial score (nSPS) is 35.2. The van der Waals surface area contributed by atoms with E-state index in [1.54, 1.807) is 0 Å². The fourth-order valence-electron chi connectivity index (χ4n) is 2.97. The second-order valence-corrected chi connectivity index (χ2v) is 12.2. The van der Waals surface area contributed by atoms with Crippen molar-refractivity contribution in [3.8, 4) is 0 Å². The SMILES string of the molecule is COC(=O)C12CC(O[Si](C)(C)C(C)(C)C)CC1C2. The zero-order valence-electron chi connectivity index (χ0n) is 12.5. The van der Waals surface area contributed by atoms with Gasteiger partial charge in [0.05, 0.1) is 12.5 Å². The first-order chi connectivity index (χ1) is 8.12. The molecule has 0 radical (unpaired) electrons. The number of esters is 1. The van der Waals surface area contributed by atoms with Crippen LogP contribution in [-0.2, 0) is 14.0 Å². The van der Waals surface area contributed by atoms with Crippen molar-refractivity contribution in [1.29, 1.82) is 0 Å². The van der Waals surface area contributed by atoms with E-state index in [9.17, 15) is 4.79 Å². The lowest BCUT2D eigenvalue weighted by molar-refractivity contribution is -0.147. The molecule has 0 aromatic carbocycles. The lowest BCUT2D eigenvalue weighted by atomic mass is 10.0. The Morgan fingerprint density at radius 2 is 1.89 bits per heavy atom. The van der Waals surface area contributed by atoms with Gasteiger partial charge < -0.3 is 9.16 Å². The maximum Gasteiger partial charge on any atom is 0.312 e. The third kappa shape index (κ3) is 2.14. The summed E-state index contributed by atoms with van der Waals surface area (Å²) in [5, 5.41) is 0.234. The summed E-state index contributed by atoms with van der Waals surface area (Å²) in [6.07, 6.45) is 3.19. The van der Waals surface area contributed by atoms with Crippen LogP contribution in [0.5, 0.6) is 0 Å². The van der Waals surface area contributed by atoms with Crippen LogP contribution in [0, 0.1) is 11.3 Å². The molecule has 2 saturated carbocycles. The Balaban J connectivity index is 1.98. The minimum atomic E-state index is -1.71. The van der Waals surface area contributed by atoms with E-state index in [1.165, 1.54) is 7.11 Å². The van der Waals surface area contributed by atoms with Gasteiger partial charge >= 0.3 is 5.97 Å². The lowest BCUT2D eigenvalue weighted by Crippen LogP contribution is -2.43. The molecule has 0 bridgehead atoms. The van der Waals surface area contributed by atoms with Gasteiger partial charge in [0.2, 0.25) is 0 Å². The van der Waals surface area contributed by atoms with Gasteiger partial charge in [-0.25, -0.2) is 0 Å². The fraction of sp³-hybridized carbons (Fsp3) is 0.929. The second kappa shape index (κ2) is 4.07. The summed E-state index contributed by atoms with van der Waals surface area (Å²) in [6.45, 7) is 11.3. The summed E-state index contributed by atoms with van der Waals surface area (Å²) < 4.78 is 11.4. The molecular weight excluding hydrogens is 244 g/mol. The van der Waals surface area contributed by atoms with E-state index < -0.39 is 8.32 Å². The van der Waals surface area contributed by atoms with Crippen LogP contribution >= 0.6 is 0 Å². The quantitative estimate of drug-likeness (QED) is 0.583. The summed E-state index contributed by atoms with van der Waals surface area (Å²) in [6, 6.07) is 0. The van der Waals surface area contributed by atoms with Crippen LogP contribution in [0.2, 0.25) is 18.1 Å². The predicted molar refractivity (Wildman–Crippen MR) is 73.9 cm³/mol. The Labute approximate surface area is 111 Å². The summed E-state index contributed by atoms with van der Waals surface area (Å²) in [5.41, 5.74) is -0.179. The van der Waals surface area contributed by atoms with Crippen LogP contribution in [-0.4, -0.2) is 27.5 Å². The molecule has 3 unspecified atom stereocenters. The van der Waals surface area contributed by atoms with Gasteiger partial charge in [0, 0.05) is 6.10 Å². The van der Waals surface area contributed by atoms with Crippen molar-refractivity contribution in [2.24, 2.45) is 11.3 Å². The van der Waals surface area contributed by atoms with Crippen molar-refractivity contribution in [2.75, 3.05) is 7.11 Å². The van der Waals surface area contributed by atoms with Gasteiger partial charge in [-0.2, -0.15) is 0 Å². The Hall–Kier alpha value is -0.353. The number of carbonyl (C=O) groups is 1. The monoisotopic (exact) mass is 270 g/mol. The first kappa shape index (κ1) is 14.1. The third-order valence-corrected chi connectivity index (χ3v) is 9.77. The highest BCUT2D eigenvalue weighted by Gasteiger charge is 2.66. The first-order valence-electron chi connectivity index (χ1n) is 6.89. The molecule has 0 amide bonds. The molecule has 4 heteroatoms. The van der Waals surface area contributed by atoms with E-state index in [2.05, 4.69) is 33.9 Å². The average molecular weight is 270 g/mol. The van der Waals surface area contributed by atoms with E-state index in [0.29, 0.717) is 5.92 Å². The summed E-state index contributed by atoms with van der Waals surface area (Å²) in [4.78, 5) is 11.8. The van der Waals surface area contributed by atoms with Crippen molar-refractivity contribution >= 4 is 14.3 Å².